The largest absolute Gasteiger partial charge is 0.460 e. The van der Waals surface area contributed by atoms with Gasteiger partial charge in [-0.2, -0.15) is 5.10 Å². The summed E-state index contributed by atoms with van der Waals surface area (Å²) in [7, 11) is 0. The van der Waals surface area contributed by atoms with Crippen molar-refractivity contribution in [1.29, 1.82) is 0 Å². The van der Waals surface area contributed by atoms with Gasteiger partial charge in [0.1, 0.15) is 17.0 Å². The Morgan fingerprint density at radius 2 is 2.07 bits per heavy atom. The summed E-state index contributed by atoms with van der Waals surface area (Å²) in [5.41, 5.74) is 0.115. The molecule has 1 atom stereocenters. The van der Waals surface area contributed by atoms with Crippen molar-refractivity contribution in [2.75, 3.05) is 13.1 Å². The Kier molecular flexibility index (Phi) is 4.44. The van der Waals surface area contributed by atoms with Gasteiger partial charge in [0.05, 0.1) is 0 Å². The monoisotopic (exact) mass is 385 g/mol. The fourth-order valence-corrected chi connectivity index (χ4v) is 4.20. The Hall–Kier alpha value is -3.10. The molecule has 0 bridgehead atoms. The molecule has 28 heavy (non-hydrogen) atoms. The van der Waals surface area contributed by atoms with Crippen LogP contribution in [0.1, 0.15) is 42.4 Å². The topological polar surface area (TPSA) is 120 Å². The fourth-order valence-electron chi connectivity index (χ4n) is 4.20. The van der Waals surface area contributed by atoms with Crippen LogP contribution in [-0.4, -0.2) is 51.6 Å². The van der Waals surface area contributed by atoms with Crippen LogP contribution < -0.4 is 10.6 Å². The third-order valence-electron chi connectivity index (χ3n) is 5.81. The molecule has 2 aromatic heterocycles. The van der Waals surface area contributed by atoms with Crippen molar-refractivity contribution in [2.45, 2.75) is 38.6 Å². The van der Waals surface area contributed by atoms with Crippen LogP contribution in [0.25, 0.3) is 11.5 Å². The summed E-state index contributed by atoms with van der Waals surface area (Å²) in [5.74, 6) is 0.988. The number of hydrogen-bond acceptors (Lipinski definition) is 5. The highest BCUT2D eigenvalue weighted by atomic mass is 16.3. The number of carbonyl (C=O) groups is 3. The lowest BCUT2D eigenvalue weighted by atomic mass is 9.76. The molecule has 2 aliphatic rings. The average Bonchev–Trinajstić information content (AvgIpc) is 3.40. The predicted octanol–water partition coefficient (Wildman–Crippen LogP) is 1.82. The molecule has 0 radical (unpaired) electrons. The number of nitrogens with zero attached hydrogens (tertiary/aromatic N) is 2. The van der Waals surface area contributed by atoms with Gasteiger partial charge >= 0.3 is 6.03 Å². The zero-order chi connectivity index (χ0) is 19.9. The lowest BCUT2D eigenvalue weighted by molar-refractivity contribution is -0.126. The van der Waals surface area contributed by atoms with Crippen LogP contribution in [0.2, 0.25) is 0 Å². The predicted molar refractivity (Wildman–Crippen MR) is 99.4 cm³/mol. The number of piperidine rings is 1. The maximum absolute atomic E-state index is 12.8. The molecule has 0 aliphatic carbocycles. The van der Waals surface area contributed by atoms with Gasteiger partial charge in [0.2, 0.25) is 0 Å². The Morgan fingerprint density at radius 3 is 2.64 bits per heavy atom. The van der Waals surface area contributed by atoms with Gasteiger partial charge in [-0.05, 0) is 44.2 Å². The van der Waals surface area contributed by atoms with Crippen LogP contribution in [0.5, 0.6) is 0 Å². The third kappa shape index (κ3) is 2.96. The van der Waals surface area contributed by atoms with Gasteiger partial charge in [-0.3, -0.25) is 20.0 Å². The second kappa shape index (κ2) is 6.81. The van der Waals surface area contributed by atoms with E-state index in [-0.39, 0.29) is 17.7 Å². The Balaban J connectivity index is 1.43. The summed E-state index contributed by atoms with van der Waals surface area (Å²) in [4.78, 5) is 38.5. The number of nitrogens with one attached hydrogen (secondary N) is 3. The van der Waals surface area contributed by atoms with Crippen molar-refractivity contribution in [3.63, 3.8) is 0 Å². The summed E-state index contributed by atoms with van der Waals surface area (Å²) >= 11 is 0. The van der Waals surface area contributed by atoms with Crippen LogP contribution in [0.4, 0.5) is 4.79 Å². The number of imide groups is 1. The molecule has 4 rings (SSSR count). The highest BCUT2D eigenvalue weighted by Gasteiger charge is 2.51. The number of hydrogen-bond donors (Lipinski definition) is 3. The Bertz CT molecular complexity index is 924. The lowest BCUT2D eigenvalue weighted by Crippen LogP contribution is -2.56. The van der Waals surface area contributed by atoms with E-state index in [0.29, 0.717) is 49.5 Å². The van der Waals surface area contributed by atoms with E-state index in [1.807, 2.05) is 26.0 Å². The van der Waals surface area contributed by atoms with Crippen molar-refractivity contribution < 1.29 is 18.8 Å². The van der Waals surface area contributed by atoms with E-state index in [0.717, 1.165) is 5.76 Å². The molecule has 2 aliphatic heterocycles. The third-order valence-corrected chi connectivity index (χ3v) is 5.81. The van der Waals surface area contributed by atoms with Gasteiger partial charge in [-0.25, -0.2) is 4.79 Å². The quantitative estimate of drug-likeness (QED) is 0.694. The number of aromatic amines is 1. The molecule has 4 heterocycles. The Morgan fingerprint density at radius 1 is 1.32 bits per heavy atom. The van der Waals surface area contributed by atoms with Gasteiger partial charge in [-0.15, -0.1) is 0 Å². The highest BCUT2D eigenvalue weighted by Crippen LogP contribution is 2.34. The number of H-pyrrole nitrogens is 1. The van der Waals surface area contributed by atoms with Gasteiger partial charge in [0, 0.05) is 19.2 Å². The summed E-state index contributed by atoms with van der Waals surface area (Å²) in [6.45, 7) is 4.77. The van der Waals surface area contributed by atoms with Crippen molar-refractivity contribution in [2.24, 2.45) is 5.92 Å². The second-order valence-electron chi connectivity index (χ2n) is 7.38. The van der Waals surface area contributed by atoms with Gasteiger partial charge in [0.25, 0.3) is 11.8 Å². The van der Waals surface area contributed by atoms with E-state index in [1.54, 1.807) is 11.0 Å². The lowest BCUT2D eigenvalue weighted by Gasteiger charge is -2.40. The number of carbonyl (C=O) groups excluding carboxylic acids is 3. The zero-order valence-corrected chi connectivity index (χ0v) is 15.9. The number of likely N-dealkylation sites (tertiary alicyclic amines) is 1. The molecule has 4 amide bonds. The van der Waals surface area contributed by atoms with E-state index in [1.165, 1.54) is 0 Å². The second-order valence-corrected chi connectivity index (χ2v) is 7.38. The first kappa shape index (κ1) is 18.3. The molecule has 3 N–H and O–H groups in total. The minimum atomic E-state index is -0.872. The van der Waals surface area contributed by atoms with Crippen molar-refractivity contribution in [3.8, 4) is 11.5 Å². The normalized spacial score (nSPS) is 23.0. The number of rotatable bonds is 4. The zero-order valence-electron chi connectivity index (χ0n) is 15.9. The molecule has 2 aromatic rings. The smallest absolute Gasteiger partial charge is 0.322 e. The first-order valence-electron chi connectivity index (χ1n) is 9.48. The van der Waals surface area contributed by atoms with E-state index in [4.69, 9.17) is 4.42 Å². The van der Waals surface area contributed by atoms with Gasteiger partial charge in [0.15, 0.2) is 11.5 Å². The molecule has 0 unspecified atom stereocenters. The summed E-state index contributed by atoms with van der Waals surface area (Å²) in [5, 5.41) is 12.1. The minimum absolute atomic E-state index is 0.00570. The fraction of sp³-hybridized carbons (Fsp3) is 0.474. The molecule has 0 saturated carbocycles. The van der Waals surface area contributed by atoms with Crippen molar-refractivity contribution >= 4 is 17.8 Å². The summed E-state index contributed by atoms with van der Waals surface area (Å²) in [6.07, 6.45) is 1.80. The molecular weight excluding hydrogens is 362 g/mol. The van der Waals surface area contributed by atoms with Crippen LogP contribution >= 0.6 is 0 Å². The first-order chi connectivity index (χ1) is 13.4. The highest BCUT2D eigenvalue weighted by molar-refractivity contribution is 6.07. The summed E-state index contributed by atoms with van der Waals surface area (Å²) in [6, 6.07) is 4.92. The van der Waals surface area contributed by atoms with Crippen molar-refractivity contribution in [3.05, 3.63) is 29.7 Å². The number of furan rings is 1. The van der Waals surface area contributed by atoms with Crippen LogP contribution in [-0.2, 0) is 4.79 Å². The average molecular weight is 385 g/mol. The maximum atomic E-state index is 12.8. The van der Waals surface area contributed by atoms with Crippen LogP contribution in [0.15, 0.2) is 22.6 Å². The van der Waals surface area contributed by atoms with Crippen LogP contribution in [0.3, 0.4) is 0 Å². The molecule has 2 fully saturated rings. The molecule has 9 heteroatoms. The number of amides is 4. The molecule has 9 nitrogen and oxygen atoms in total. The first-order valence-corrected chi connectivity index (χ1v) is 9.48. The van der Waals surface area contributed by atoms with Crippen molar-refractivity contribution in [1.82, 2.24) is 25.7 Å². The number of urea groups is 1. The van der Waals surface area contributed by atoms with E-state index in [2.05, 4.69) is 20.8 Å². The minimum Gasteiger partial charge on any atom is -0.460 e. The van der Waals surface area contributed by atoms with E-state index >= 15 is 0 Å². The molecule has 2 saturated heterocycles. The van der Waals surface area contributed by atoms with Gasteiger partial charge in [-0.1, -0.05) is 6.92 Å². The number of aryl methyl sites for hydroxylation is 1. The SMILES string of the molecule is CC[C@@]1(C2CCN(C(=O)c3cc(-c4ccc(C)o4)[nH]n3)CC2)NC(=O)NC1=O. The maximum Gasteiger partial charge on any atom is 0.322 e. The standard InChI is InChI=1S/C19H23N5O4/c1-3-19(17(26)20-18(27)21-19)12-6-8-24(9-7-12)16(25)14-10-13(22-23-14)15-5-4-11(2)28-15/h4-5,10,12H,3,6-9H2,1-2H3,(H,22,23)(H2,20,21,26,27)/t19-/m0/s1. The number of aromatic nitrogens is 2. The summed E-state index contributed by atoms with van der Waals surface area (Å²) < 4.78 is 5.55. The molecule has 0 aromatic carbocycles. The van der Waals surface area contributed by atoms with E-state index in [9.17, 15) is 14.4 Å². The Labute approximate surface area is 161 Å². The molecule has 148 valence electrons. The van der Waals surface area contributed by atoms with E-state index < -0.39 is 11.6 Å². The molecular formula is C19H23N5O4. The molecule has 0 spiro atoms. The van der Waals surface area contributed by atoms with Crippen LogP contribution in [0, 0.1) is 12.8 Å². The van der Waals surface area contributed by atoms with Gasteiger partial charge < -0.3 is 14.6 Å².